The topological polar surface area (TPSA) is 114 Å². The molecule has 32 heavy (non-hydrogen) atoms. The molecule has 2 amide bonds. The molecular formula is C22H29N5O4S. The van der Waals surface area contributed by atoms with Gasteiger partial charge in [0.2, 0.25) is 0 Å². The third-order valence-electron chi connectivity index (χ3n) is 5.99. The molecule has 1 aromatic carbocycles. The van der Waals surface area contributed by atoms with E-state index in [9.17, 15) is 13.2 Å². The maximum absolute atomic E-state index is 12.6. The zero-order valence-corrected chi connectivity index (χ0v) is 19.4. The molecule has 2 fully saturated rings. The first kappa shape index (κ1) is 22.5. The van der Waals surface area contributed by atoms with Crippen LogP contribution in [0.1, 0.15) is 32.4 Å². The van der Waals surface area contributed by atoms with Crippen molar-refractivity contribution < 1.29 is 17.9 Å². The fourth-order valence-corrected chi connectivity index (χ4v) is 5.31. The minimum absolute atomic E-state index is 0.122. The molecule has 9 nitrogen and oxygen atoms in total. The number of carbonyl (C=O) groups is 1. The second-order valence-corrected chi connectivity index (χ2v) is 10.7. The Labute approximate surface area is 188 Å². The zero-order chi connectivity index (χ0) is 22.9. The molecule has 0 bridgehead atoms. The van der Waals surface area contributed by atoms with E-state index in [0.29, 0.717) is 62.2 Å². The Kier molecular flexibility index (Phi) is 6.09. The summed E-state index contributed by atoms with van der Waals surface area (Å²) in [4.78, 5) is 23.4. The van der Waals surface area contributed by atoms with Gasteiger partial charge in [0, 0.05) is 36.7 Å². The maximum atomic E-state index is 12.6. The standard InChI is InChI=1S/C22H29N5O4S/c1-4-23-21(28)24-17-7-5-16(6-8-17)20-25-18(22(9-10-22)32(3,29)30)13-19(26-20)27-11-12-31-14-15(27)2/h5-8,13,15H,4,9-12,14H2,1-3H3,(H2,23,24,28)/t15-/m0/s1. The quantitative estimate of drug-likeness (QED) is 0.682. The molecule has 2 heterocycles. The van der Waals surface area contributed by atoms with Gasteiger partial charge in [-0.05, 0) is 51.0 Å². The number of hydrogen-bond donors (Lipinski definition) is 2. The Morgan fingerprint density at radius 3 is 2.56 bits per heavy atom. The smallest absolute Gasteiger partial charge is 0.319 e. The number of sulfone groups is 1. The van der Waals surface area contributed by atoms with Crippen LogP contribution in [0.4, 0.5) is 16.3 Å². The first-order valence-corrected chi connectivity index (χ1v) is 12.7. The van der Waals surface area contributed by atoms with Gasteiger partial charge in [-0.25, -0.2) is 23.2 Å². The molecule has 10 heteroatoms. The number of nitrogens with one attached hydrogen (secondary N) is 2. The van der Waals surface area contributed by atoms with Crippen LogP contribution >= 0.6 is 0 Å². The van der Waals surface area contributed by atoms with Crippen molar-refractivity contribution in [1.82, 2.24) is 15.3 Å². The molecule has 2 aliphatic rings. The van der Waals surface area contributed by atoms with E-state index in [1.807, 2.05) is 25.1 Å². The monoisotopic (exact) mass is 459 g/mol. The van der Waals surface area contributed by atoms with Gasteiger partial charge >= 0.3 is 6.03 Å². The molecule has 1 atom stereocenters. The molecule has 4 rings (SSSR count). The number of amides is 2. The number of hydrogen-bond acceptors (Lipinski definition) is 7. The summed E-state index contributed by atoms with van der Waals surface area (Å²) in [6, 6.07) is 8.88. The number of rotatable bonds is 6. The van der Waals surface area contributed by atoms with Crippen molar-refractivity contribution in [2.45, 2.75) is 37.5 Å². The van der Waals surface area contributed by atoms with E-state index in [0.717, 1.165) is 5.56 Å². The van der Waals surface area contributed by atoms with Crippen molar-refractivity contribution in [3.8, 4) is 11.4 Å². The van der Waals surface area contributed by atoms with Gasteiger partial charge in [0.25, 0.3) is 0 Å². The van der Waals surface area contributed by atoms with Crippen molar-refractivity contribution in [3.63, 3.8) is 0 Å². The second-order valence-electron chi connectivity index (χ2n) is 8.38. The van der Waals surface area contributed by atoms with Crippen LogP contribution in [0.3, 0.4) is 0 Å². The molecule has 0 unspecified atom stereocenters. The number of ether oxygens (including phenoxy) is 1. The van der Waals surface area contributed by atoms with Crippen LogP contribution in [-0.4, -0.2) is 63.0 Å². The minimum Gasteiger partial charge on any atom is -0.377 e. The molecule has 1 saturated heterocycles. The first-order valence-electron chi connectivity index (χ1n) is 10.8. The van der Waals surface area contributed by atoms with Crippen LogP contribution < -0.4 is 15.5 Å². The van der Waals surface area contributed by atoms with Crippen molar-refractivity contribution in [1.29, 1.82) is 0 Å². The fourth-order valence-electron chi connectivity index (χ4n) is 3.98. The van der Waals surface area contributed by atoms with Crippen LogP contribution in [0.15, 0.2) is 30.3 Å². The van der Waals surface area contributed by atoms with Crippen LogP contribution in [0, 0.1) is 0 Å². The number of aromatic nitrogens is 2. The molecule has 0 spiro atoms. The summed E-state index contributed by atoms with van der Waals surface area (Å²) in [5.41, 5.74) is 1.94. The fraction of sp³-hybridized carbons (Fsp3) is 0.500. The Bertz CT molecular complexity index is 1100. The largest absolute Gasteiger partial charge is 0.377 e. The number of benzene rings is 1. The number of urea groups is 1. The van der Waals surface area contributed by atoms with Crippen LogP contribution in [0.5, 0.6) is 0 Å². The third kappa shape index (κ3) is 4.42. The van der Waals surface area contributed by atoms with Gasteiger partial charge < -0.3 is 20.3 Å². The van der Waals surface area contributed by atoms with Crippen LogP contribution in [0.2, 0.25) is 0 Å². The first-order chi connectivity index (χ1) is 15.2. The SMILES string of the molecule is CCNC(=O)Nc1ccc(-c2nc(N3CCOC[C@@H]3C)cc(C3(S(C)(=O)=O)CC3)n2)cc1. The van der Waals surface area contributed by atoms with Crippen molar-refractivity contribution >= 4 is 27.4 Å². The predicted molar refractivity (Wildman–Crippen MR) is 124 cm³/mol. The summed E-state index contributed by atoms with van der Waals surface area (Å²) < 4.78 is 29.8. The van der Waals surface area contributed by atoms with E-state index < -0.39 is 14.6 Å². The van der Waals surface area contributed by atoms with Gasteiger partial charge in [-0.2, -0.15) is 0 Å². The van der Waals surface area contributed by atoms with Gasteiger partial charge in [0.15, 0.2) is 15.7 Å². The zero-order valence-electron chi connectivity index (χ0n) is 18.6. The van der Waals surface area contributed by atoms with Crippen molar-refractivity contribution in [2.75, 3.05) is 42.8 Å². The summed E-state index contributed by atoms with van der Waals surface area (Å²) >= 11 is 0. The molecular weight excluding hydrogens is 430 g/mol. The number of carbonyl (C=O) groups excluding carboxylic acids is 1. The highest BCUT2D eigenvalue weighted by molar-refractivity contribution is 7.91. The Morgan fingerprint density at radius 1 is 1.25 bits per heavy atom. The highest BCUT2D eigenvalue weighted by atomic mass is 32.2. The third-order valence-corrected chi connectivity index (χ3v) is 8.03. The van der Waals surface area contributed by atoms with Gasteiger partial charge in [0.05, 0.1) is 24.9 Å². The second kappa shape index (κ2) is 8.67. The molecule has 1 saturated carbocycles. The maximum Gasteiger partial charge on any atom is 0.319 e. The predicted octanol–water partition coefficient (Wildman–Crippen LogP) is 2.54. The number of anilines is 2. The lowest BCUT2D eigenvalue weighted by Gasteiger charge is -2.34. The van der Waals surface area contributed by atoms with Gasteiger partial charge in [-0.3, -0.25) is 0 Å². The van der Waals surface area contributed by atoms with E-state index >= 15 is 0 Å². The average molecular weight is 460 g/mol. The van der Waals surface area contributed by atoms with E-state index in [1.54, 1.807) is 12.1 Å². The minimum atomic E-state index is -3.32. The molecule has 0 radical (unpaired) electrons. The van der Waals surface area contributed by atoms with Gasteiger partial charge in [-0.15, -0.1) is 0 Å². The molecule has 2 N–H and O–H groups in total. The van der Waals surface area contributed by atoms with Gasteiger partial charge in [-0.1, -0.05) is 0 Å². The van der Waals surface area contributed by atoms with E-state index in [2.05, 4.69) is 22.5 Å². The lowest BCUT2D eigenvalue weighted by Crippen LogP contribution is -2.44. The Morgan fingerprint density at radius 2 is 1.97 bits per heavy atom. The molecule has 1 aliphatic heterocycles. The lowest BCUT2D eigenvalue weighted by atomic mass is 10.1. The Hall–Kier alpha value is -2.72. The van der Waals surface area contributed by atoms with E-state index in [4.69, 9.17) is 14.7 Å². The highest BCUT2D eigenvalue weighted by Crippen LogP contribution is 2.52. The lowest BCUT2D eigenvalue weighted by molar-refractivity contribution is 0.0985. The molecule has 1 aromatic heterocycles. The van der Waals surface area contributed by atoms with E-state index in [1.165, 1.54) is 6.26 Å². The summed E-state index contributed by atoms with van der Waals surface area (Å²) in [6.45, 7) is 6.31. The highest BCUT2D eigenvalue weighted by Gasteiger charge is 2.55. The number of nitrogens with zero attached hydrogens (tertiary/aromatic N) is 3. The van der Waals surface area contributed by atoms with Crippen molar-refractivity contribution in [3.05, 3.63) is 36.0 Å². The molecule has 2 aromatic rings. The van der Waals surface area contributed by atoms with Crippen LogP contribution in [-0.2, 0) is 19.3 Å². The normalized spacial score (nSPS) is 20.0. The Balaban J connectivity index is 1.72. The number of morpholine rings is 1. The van der Waals surface area contributed by atoms with Crippen LogP contribution in [0.25, 0.3) is 11.4 Å². The van der Waals surface area contributed by atoms with Crippen molar-refractivity contribution in [2.24, 2.45) is 0 Å². The summed E-state index contributed by atoms with van der Waals surface area (Å²) in [7, 11) is -3.32. The molecule has 172 valence electrons. The summed E-state index contributed by atoms with van der Waals surface area (Å²) in [5.74, 6) is 1.18. The summed E-state index contributed by atoms with van der Waals surface area (Å²) in [5, 5.41) is 5.45. The van der Waals surface area contributed by atoms with Gasteiger partial charge in [0.1, 0.15) is 10.6 Å². The van der Waals surface area contributed by atoms with E-state index in [-0.39, 0.29) is 12.1 Å². The summed E-state index contributed by atoms with van der Waals surface area (Å²) in [6.07, 6.45) is 2.41. The average Bonchev–Trinajstić information content (AvgIpc) is 3.57. The molecule has 1 aliphatic carbocycles.